The highest BCUT2D eigenvalue weighted by atomic mass is 16.5. The van der Waals surface area contributed by atoms with Crippen LogP contribution in [0.1, 0.15) is 26.2 Å². The summed E-state index contributed by atoms with van der Waals surface area (Å²) in [6.45, 7) is 7.57. The third kappa shape index (κ3) is 9.25. The number of carboxylic acid groups (broad SMARTS) is 1. The van der Waals surface area contributed by atoms with Crippen LogP contribution in [-0.2, 0) is 9.53 Å². The van der Waals surface area contributed by atoms with E-state index in [1.54, 1.807) is 0 Å². The fourth-order valence-corrected chi connectivity index (χ4v) is 2.13. The average Bonchev–Trinajstić information content (AvgIpc) is 2.48. The van der Waals surface area contributed by atoms with Gasteiger partial charge in [-0.15, -0.1) is 0 Å². The van der Waals surface area contributed by atoms with Crippen molar-refractivity contribution < 1.29 is 19.4 Å². The molecule has 0 saturated carbocycles. The molecule has 1 aliphatic rings. The average molecular weight is 301 g/mol. The van der Waals surface area contributed by atoms with Crippen LogP contribution in [0.2, 0.25) is 0 Å². The minimum absolute atomic E-state index is 0.143. The van der Waals surface area contributed by atoms with Gasteiger partial charge in [-0.2, -0.15) is 0 Å². The molecule has 122 valence electrons. The number of amides is 2. The molecule has 0 bridgehead atoms. The van der Waals surface area contributed by atoms with E-state index < -0.39 is 5.97 Å². The monoisotopic (exact) mass is 301 g/mol. The van der Waals surface area contributed by atoms with Crippen LogP contribution in [0.25, 0.3) is 0 Å². The Morgan fingerprint density at radius 1 is 1.29 bits per heavy atom. The molecule has 21 heavy (non-hydrogen) atoms. The molecule has 0 aromatic heterocycles. The first kappa shape index (κ1) is 17.7. The lowest BCUT2D eigenvalue weighted by Crippen LogP contribution is -2.40. The molecule has 3 N–H and O–H groups in total. The third-order valence-electron chi connectivity index (χ3n) is 3.50. The number of carboxylic acids is 1. The summed E-state index contributed by atoms with van der Waals surface area (Å²) in [4.78, 5) is 24.3. The molecule has 1 aliphatic heterocycles. The summed E-state index contributed by atoms with van der Waals surface area (Å²) in [6, 6.07) is -0.181. The van der Waals surface area contributed by atoms with Crippen LogP contribution < -0.4 is 10.6 Å². The summed E-state index contributed by atoms with van der Waals surface area (Å²) < 4.78 is 5.28. The Bertz CT molecular complexity index is 319. The molecule has 7 heteroatoms. The highest BCUT2D eigenvalue weighted by molar-refractivity contribution is 5.73. The summed E-state index contributed by atoms with van der Waals surface area (Å²) in [5.41, 5.74) is 0. The number of aliphatic carboxylic acids is 1. The van der Waals surface area contributed by atoms with Crippen molar-refractivity contribution in [3.8, 4) is 0 Å². The van der Waals surface area contributed by atoms with Gasteiger partial charge >= 0.3 is 12.0 Å². The van der Waals surface area contributed by atoms with Crippen LogP contribution in [0.15, 0.2) is 0 Å². The van der Waals surface area contributed by atoms with Crippen molar-refractivity contribution in [3.05, 3.63) is 0 Å². The van der Waals surface area contributed by atoms with Crippen molar-refractivity contribution >= 4 is 12.0 Å². The van der Waals surface area contributed by atoms with Crippen LogP contribution in [0.4, 0.5) is 4.79 Å². The van der Waals surface area contributed by atoms with Gasteiger partial charge in [-0.1, -0.05) is 6.92 Å². The summed E-state index contributed by atoms with van der Waals surface area (Å²) >= 11 is 0. The fraction of sp³-hybridized carbons (Fsp3) is 0.857. The maximum Gasteiger partial charge on any atom is 0.314 e. The van der Waals surface area contributed by atoms with Gasteiger partial charge in [-0.05, 0) is 25.3 Å². The molecular formula is C14H27N3O4. The summed E-state index contributed by atoms with van der Waals surface area (Å²) in [6.07, 6.45) is 1.64. The Morgan fingerprint density at radius 3 is 2.67 bits per heavy atom. The van der Waals surface area contributed by atoms with Crippen molar-refractivity contribution in [2.75, 3.05) is 45.9 Å². The zero-order chi connectivity index (χ0) is 15.5. The topological polar surface area (TPSA) is 90.9 Å². The lowest BCUT2D eigenvalue weighted by Gasteiger charge is -2.26. The second kappa shape index (κ2) is 10.4. The number of urea groups is 1. The van der Waals surface area contributed by atoms with Gasteiger partial charge in [0, 0.05) is 32.6 Å². The number of carbonyl (C=O) groups is 2. The SMILES string of the molecule is CC(CCC(=O)O)CNC(=O)NCCCN1CCOCC1. The molecule has 1 fully saturated rings. The molecule has 1 unspecified atom stereocenters. The quantitative estimate of drug-likeness (QED) is 0.540. The van der Waals surface area contributed by atoms with Crippen molar-refractivity contribution in [1.82, 2.24) is 15.5 Å². The van der Waals surface area contributed by atoms with Crippen LogP contribution in [-0.4, -0.2) is 67.9 Å². The molecule has 0 aliphatic carbocycles. The van der Waals surface area contributed by atoms with Crippen molar-refractivity contribution in [2.45, 2.75) is 26.2 Å². The number of nitrogens with zero attached hydrogens (tertiary/aromatic N) is 1. The van der Waals surface area contributed by atoms with Crippen LogP contribution in [0.5, 0.6) is 0 Å². The number of morpholine rings is 1. The molecular weight excluding hydrogens is 274 g/mol. The number of carbonyl (C=O) groups excluding carboxylic acids is 1. The standard InChI is InChI=1S/C14H27N3O4/c1-12(3-4-13(18)19)11-16-14(20)15-5-2-6-17-7-9-21-10-8-17/h12H,2-11H2,1H3,(H,18,19)(H2,15,16,20). The molecule has 1 heterocycles. The van der Waals surface area contributed by atoms with Gasteiger partial charge < -0.3 is 20.5 Å². The third-order valence-corrected chi connectivity index (χ3v) is 3.50. The van der Waals surface area contributed by atoms with E-state index in [0.717, 1.165) is 39.3 Å². The maximum atomic E-state index is 11.6. The summed E-state index contributed by atoms with van der Waals surface area (Å²) in [5, 5.41) is 14.2. The zero-order valence-electron chi connectivity index (χ0n) is 12.8. The van der Waals surface area contributed by atoms with Crippen molar-refractivity contribution in [1.29, 1.82) is 0 Å². The lowest BCUT2D eigenvalue weighted by atomic mass is 10.1. The van der Waals surface area contributed by atoms with Crippen molar-refractivity contribution in [2.24, 2.45) is 5.92 Å². The van der Waals surface area contributed by atoms with Gasteiger partial charge in [0.15, 0.2) is 0 Å². The first-order valence-corrected chi connectivity index (χ1v) is 7.61. The summed E-state index contributed by atoms with van der Waals surface area (Å²) in [7, 11) is 0. The van der Waals surface area contributed by atoms with E-state index in [2.05, 4.69) is 15.5 Å². The number of hydrogen-bond donors (Lipinski definition) is 3. The first-order chi connectivity index (χ1) is 10.1. The molecule has 1 atom stereocenters. The Morgan fingerprint density at radius 2 is 2.00 bits per heavy atom. The Balaban J connectivity index is 1.96. The second-order valence-electron chi connectivity index (χ2n) is 5.48. The molecule has 1 saturated heterocycles. The molecule has 1 rings (SSSR count). The Hall–Kier alpha value is -1.34. The zero-order valence-corrected chi connectivity index (χ0v) is 12.8. The largest absolute Gasteiger partial charge is 0.481 e. The van der Waals surface area contributed by atoms with Crippen LogP contribution >= 0.6 is 0 Å². The van der Waals surface area contributed by atoms with E-state index >= 15 is 0 Å². The van der Waals surface area contributed by atoms with Gasteiger partial charge in [-0.25, -0.2) is 4.79 Å². The molecule has 0 radical (unpaired) electrons. The maximum absolute atomic E-state index is 11.6. The van der Waals surface area contributed by atoms with Gasteiger partial charge in [0.25, 0.3) is 0 Å². The Kier molecular flexibility index (Phi) is 8.77. The van der Waals surface area contributed by atoms with E-state index in [1.165, 1.54) is 0 Å². The normalized spacial score (nSPS) is 17.2. The minimum atomic E-state index is -0.797. The molecule has 0 spiro atoms. The highest BCUT2D eigenvalue weighted by Crippen LogP contribution is 2.03. The lowest BCUT2D eigenvalue weighted by molar-refractivity contribution is -0.137. The number of hydrogen-bond acceptors (Lipinski definition) is 4. The number of rotatable bonds is 9. The molecule has 0 aromatic carbocycles. The van der Waals surface area contributed by atoms with Gasteiger partial charge in [0.05, 0.1) is 13.2 Å². The smallest absolute Gasteiger partial charge is 0.314 e. The first-order valence-electron chi connectivity index (χ1n) is 7.61. The minimum Gasteiger partial charge on any atom is -0.481 e. The highest BCUT2D eigenvalue weighted by Gasteiger charge is 2.10. The van der Waals surface area contributed by atoms with Crippen LogP contribution in [0, 0.1) is 5.92 Å². The van der Waals surface area contributed by atoms with Gasteiger partial charge in [-0.3, -0.25) is 9.69 Å². The summed E-state index contributed by atoms with van der Waals surface area (Å²) in [5.74, 6) is -0.630. The molecule has 2 amide bonds. The predicted octanol–water partition coefficient (Wildman–Crippen LogP) is 0.509. The second-order valence-corrected chi connectivity index (χ2v) is 5.48. The van der Waals surface area contributed by atoms with E-state index in [0.29, 0.717) is 19.5 Å². The predicted molar refractivity (Wildman–Crippen MR) is 79.3 cm³/mol. The molecule has 0 aromatic rings. The molecule has 7 nitrogen and oxygen atoms in total. The van der Waals surface area contributed by atoms with E-state index in [4.69, 9.17) is 9.84 Å². The Labute approximate surface area is 126 Å². The van der Waals surface area contributed by atoms with E-state index in [9.17, 15) is 9.59 Å². The number of ether oxygens (including phenoxy) is 1. The number of nitrogens with one attached hydrogen (secondary N) is 2. The van der Waals surface area contributed by atoms with Crippen LogP contribution in [0.3, 0.4) is 0 Å². The van der Waals surface area contributed by atoms with E-state index in [1.807, 2.05) is 6.92 Å². The van der Waals surface area contributed by atoms with E-state index in [-0.39, 0.29) is 18.4 Å². The van der Waals surface area contributed by atoms with Gasteiger partial charge in [0.1, 0.15) is 0 Å². The van der Waals surface area contributed by atoms with Gasteiger partial charge in [0.2, 0.25) is 0 Å². The fourth-order valence-electron chi connectivity index (χ4n) is 2.13. The van der Waals surface area contributed by atoms with Crippen molar-refractivity contribution in [3.63, 3.8) is 0 Å².